The van der Waals surface area contributed by atoms with Gasteiger partial charge in [0.1, 0.15) is 5.82 Å². The number of hydrogen-bond acceptors (Lipinski definition) is 3. The van der Waals surface area contributed by atoms with Gasteiger partial charge in [-0.15, -0.1) is 0 Å². The predicted molar refractivity (Wildman–Crippen MR) is 81.4 cm³/mol. The summed E-state index contributed by atoms with van der Waals surface area (Å²) in [7, 11) is 0. The van der Waals surface area contributed by atoms with E-state index in [1.54, 1.807) is 12.1 Å². The smallest absolute Gasteiger partial charge is 0.216 e. The van der Waals surface area contributed by atoms with Crippen LogP contribution in [0.5, 0.6) is 0 Å². The summed E-state index contributed by atoms with van der Waals surface area (Å²) in [6.45, 7) is 5.89. The van der Waals surface area contributed by atoms with Crippen molar-refractivity contribution in [2.45, 2.75) is 32.4 Å². The zero-order valence-corrected chi connectivity index (χ0v) is 12.6. The van der Waals surface area contributed by atoms with Crippen molar-refractivity contribution >= 4 is 5.91 Å². The Bertz CT molecular complexity index is 459. The van der Waals surface area contributed by atoms with Gasteiger partial charge in [0.15, 0.2) is 0 Å². The van der Waals surface area contributed by atoms with E-state index in [0.29, 0.717) is 12.6 Å². The van der Waals surface area contributed by atoms with Crippen molar-refractivity contribution < 1.29 is 9.18 Å². The number of likely N-dealkylation sites (tertiary alicyclic amines) is 1. The Balaban J connectivity index is 1.65. The molecule has 0 aromatic heterocycles. The number of piperidine rings is 1. The summed E-state index contributed by atoms with van der Waals surface area (Å²) < 4.78 is 13.2. The minimum absolute atomic E-state index is 0.0155. The van der Waals surface area contributed by atoms with Gasteiger partial charge in [0.25, 0.3) is 0 Å². The van der Waals surface area contributed by atoms with Crippen LogP contribution in [0.15, 0.2) is 24.3 Å². The van der Waals surface area contributed by atoms with Crippen LogP contribution in [-0.2, 0) is 11.3 Å². The molecule has 1 aromatic carbocycles. The number of benzene rings is 1. The van der Waals surface area contributed by atoms with Crippen LogP contribution >= 0.6 is 0 Å². The zero-order chi connectivity index (χ0) is 15.1. The van der Waals surface area contributed by atoms with Gasteiger partial charge >= 0.3 is 0 Å². The number of rotatable bonds is 6. The molecule has 4 nitrogen and oxygen atoms in total. The fraction of sp³-hybridized carbons (Fsp3) is 0.562. The van der Waals surface area contributed by atoms with Gasteiger partial charge in [0.05, 0.1) is 0 Å². The molecule has 2 N–H and O–H groups in total. The van der Waals surface area contributed by atoms with Gasteiger partial charge in [-0.3, -0.25) is 9.69 Å². The highest BCUT2D eigenvalue weighted by Gasteiger charge is 2.18. The van der Waals surface area contributed by atoms with Crippen molar-refractivity contribution in [3.05, 3.63) is 35.6 Å². The molecule has 1 aliphatic heterocycles. The first-order valence-corrected chi connectivity index (χ1v) is 7.58. The van der Waals surface area contributed by atoms with Gasteiger partial charge < -0.3 is 10.6 Å². The summed E-state index contributed by atoms with van der Waals surface area (Å²) in [4.78, 5) is 13.1. The van der Waals surface area contributed by atoms with Crippen LogP contribution < -0.4 is 10.6 Å². The summed E-state index contributed by atoms with van der Waals surface area (Å²) in [6.07, 6.45) is 2.19. The van der Waals surface area contributed by atoms with Crippen molar-refractivity contribution in [1.82, 2.24) is 15.5 Å². The molecular weight excluding hydrogens is 269 g/mol. The molecule has 21 heavy (non-hydrogen) atoms. The maximum atomic E-state index is 13.2. The fourth-order valence-electron chi connectivity index (χ4n) is 2.70. The van der Waals surface area contributed by atoms with Crippen molar-refractivity contribution in [2.75, 3.05) is 26.2 Å². The zero-order valence-electron chi connectivity index (χ0n) is 12.6. The van der Waals surface area contributed by atoms with Gasteiger partial charge in [-0.25, -0.2) is 4.39 Å². The maximum absolute atomic E-state index is 13.2. The Labute approximate surface area is 125 Å². The minimum Gasteiger partial charge on any atom is -0.355 e. The Kier molecular flexibility index (Phi) is 6.14. The van der Waals surface area contributed by atoms with Crippen LogP contribution in [0, 0.1) is 5.82 Å². The second-order valence-corrected chi connectivity index (χ2v) is 5.62. The lowest BCUT2D eigenvalue weighted by molar-refractivity contribution is -0.118. The van der Waals surface area contributed by atoms with Crippen molar-refractivity contribution in [2.24, 2.45) is 0 Å². The molecule has 1 aromatic rings. The topological polar surface area (TPSA) is 44.4 Å². The number of nitrogens with zero attached hydrogens (tertiary/aromatic N) is 1. The molecule has 1 aliphatic rings. The molecule has 1 fully saturated rings. The molecule has 0 aliphatic carbocycles. The lowest BCUT2D eigenvalue weighted by atomic mass is 10.0. The molecule has 1 amide bonds. The molecule has 0 unspecified atom stereocenters. The van der Waals surface area contributed by atoms with Crippen molar-refractivity contribution in [3.8, 4) is 0 Å². The average Bonchev–Trinajstić information content (AvgIpc) is 2.45. The largest absolute Gasteiger partial charge is 0.355 e. The first kappa shape index (κ1) is 15.9. The van der Waals surface area contributed by atoms with Crippen molar-refractivity contribution in [3.63, 3.8) is 0 Å². The molecule has 1 heterocycles. The van der Waals surface area contributed by atoms with E-state index >= 15 is 0 Å². The lowest BCUT2D eigenvalue weighted by Gasteiger charge is -2.32. The van der Waals surface area contributed by atoms with E-state index < -0.39 is 0 Å². The Morgan fingerprint density at radius 1 is 1.33 bits per heavy atom. The van der Waals surface area contributed by atoms with Crippen molar-refractivity contribution in [1.29, 1.82) is 0 Å². The monoisotopic (exact) mass is 293 g/mol. The second-order valence-electron chi connectivity index (χ2n) is 5.62. The summed E-state index contributed by atoms with van der Waals surface area (Å²) in [6, 6.07) is 7.34. The van der Waals surface area contributed by atoms with Crippen LogP contribution in [0.25, 0.3) is 0 Å². The Morgan fingerprint density at radius 2 is 2.10 bits per heavy atom. The third-order valence-corrected chi connectivity index (χ3v) is 3.81. The molecular formula is C16H24FN3O. The highest BCUT2D eigenvalue weighted by Crippen LogP contribution is 2.14. The number of carbonyl (C=O) groups excluding carboxylic acids is 1. The Morgan fingerprint density at radius 3 is 2.76 bits per heavy atom. The van der Waals surface area contributed by atoms with E-state index in [1.165, 1.54) is 13.0 Å². The van der Waals surface area contributed by atoms with E-state index in [0.717, 1.165) is 44.6 Å². The van der Waals surface area contributed by atoms with Crippen LogP contribution in [0.2, 0.25) is 0 Å². The molecule has 0 spiro atoms. The van der Waals surface area contributed by atoms with Crippen LogP contribution in [0.1, 0.15) is 25.3 Å². The molecule has 1 saturated heterocycles. The lowest BCUT2D eigenvalue weighted by Crippen LogP contribution is -2.44. The van der Waals surface area contributed by atoms with E-state index in [-0.39, 0.29) is 11.7 Å². The van der Waals surface area contributed by atoms with E-state index in [4.69, 9.17) is 0 Å². The van der Waals surface area contributed by atoms with Gasteiger partial charge in [-0.2, -0.15) is 0 Å². The average molecular weight is 293 g/mol. The van der Waals surface area contributed by atoms with E-state index in [1.807, 2.05) is 6.07 Å². The number of hydrogen-bond donors (Lipinski definition) is 2. The van der Waals surface area contributed by atoms with Gasteiger partial charge in [-0.05, 0) is 43.6 Å². The minimum atomic E-state index is -0.165. The van der Waals surface area contributed by atoms with E-state index in [9.17, 15) is 9.18 Å². The number of amides is 1. The standard InChI is InChI=1S/C16H24FN3O/c1-13(21)18-7-8-19-16-5-9-20(10-6-16)12-14-3-2-4-15(17)11-14/h2-4,11,16,19H,5-10,12H2,1H3,(H,18,21). The summed E-state index contributed by atoms with van der Waals surface area (Å²) in [5.74, 6) is -0.149. The molecule has 0 bridgehead atoms. The fourth-order valence-corrected chi connectivity index (χ4v) is 2.70. The maximum Gasteiger partial charge on any atom is 0.216 e. The van der Waals surface area contributed by atoms with Gasteiger partial charge in [0.2, 0.25) is 5.91 Å². The third kappa shape index (κ3) is 5.81. The molecule has 0 atom stereocenters. The van der Waals surface area contributed by atoms with Crippen LogP contribution in [-0.4, -0.2) is 43.0 Å². The predicted octanol–water partition coefficient (Wildman–Crippen LogP) is 1.52. The number of halogens is 1. The van der Waals surface area contributed by atoms with Gasteiger partial charge in [0, 0.05) is 32.6 Å². The first-order chi connectivity index (χ1) is 10.1. The summed E-state index contributed by atoms with van der Waals surface area (Å²) >= 11 is 0. The number of nitrogens with one attached hydrogen (secondary N) is 2. The highest BCUT2D eigenvalue weighted by molar-refractivity contribution is 5.72. The van der Waals surface area contributed by atoms with Crippen LogP contribution in [0.4, 0.5) is 4.39 Å². The first-order valence-electron chi connectivity index (χ1n) is 7.58. The molecule has 2 rings (SSSR count). The molecule has 5 heteroatoms. The Hall–Kier alpha value is -1.46. The highest BCUT2D eigenvalue weighted by atomic mass is 19.1. The SMILES string of the molecule is CC(=O)NCCNC1CCN(Cc2cccc(F)c2)CC1. The molecule has 0 radical (unpaired) electrons. The normalized spacial score (nSPS) is 16.9. The summed E-state index contributed by atoms with van der Waals surface area (Å²) in [5, 5.41) is 6.25. The van der Waals surface area contributed by atoms with Crippen LogP contribution in [0.3, 0.4) is 0 Å². The quantitative estimate of drug-likeness (QED) is 0.782. The molecule has 0 saturated carbocycles. The summed E-state index contributed by atoms with van der Waals surface area (Å²) in [5.41, 5.74) is 1.03. The third-order valence-electron chi connectivity index (χ3n) is 3.81. The van der Waals surface area contributed by atoms with E-state index in [2.05, 4.69) is 15.5 Å². The molecule has 116 valence electrons. The number of carbonyl (C=O) groups is 1. The van der Waals surface area contributed by atoms with Gasteiger partial charge in [-0.1, -0.05) is 12.1 Å². The second kappa shape index (κ2) is 8.10.